The number of esters is 1. The molecule has 4 heterocycles. The number of hydrogen-bond donors (Lipinski definition) is 2. The number of hydrogen-bond acceptors (Lipinski definition) is 7. The van der Waals surface area contributed by atoms with Crippen molar-refractivity contribution in [2.45, 2.75) is 100 Å². The lowest BCUT2D eigenvalue weighted by atomic mass is 9.97. The summed E-state index contributed by atoms with van der Waals surface area (Å²) in [6, 6.07) is 0. The summed E-state index contributed by atoms with van der Waals surface area (Å²) in [5.74, 6) is -0.525. The third-order valence-corrected chi connectivity index (χ3v) is 6.87. The van der Waals surface area contributed by atoms with E-state index in [9.17, 15) is 15.0 Å². The fourth-order valence-electron chi connectivity index (χ4n) is 4.84. The monoisotopic (exact) mass is 486 g/mol. The largest absolute Gasteiger partial charge is 0.456 e. The molecule has 7 heteroatoms. The average molecular weight is 487 g/mol. The quantitative estimate of drug-likeness (QED) is 0.358. The minimum absolute atomic E-state index is 0.0730. The summed E-state index contributed by atoms with van der Waals surface area (Å²) in [4.78, 5) is 12.6. The zero-order valence-corrected chi connectivity index (χ0v) is 20.2. The van der Waals surface area contributed by atoms with E-state index in [-0.39, 0.29) is 30.5 Å². The van der Waals surface area contributed by atoms with Crippen molar-refractivity contribution in [3.63, 3.8) is 0 Å². The van der Waals surface area contributed by atoms with Gasteiger partial charge in [0.2, 0.25) is 0 Å². The van der Waals surface area contributed by atoms with Crippen LogP contribution in [0.25, 0.3) is 0 Å². The number of carbonyl (C=O) groups excluding carboxylic acids is 1. The molecule has 4 aliphatic rings. The van der Waals surface area contributed by atoms with Crippen LogP contribution in [0.3, 0.4) is 0 Å². The minimum Gasteiger partial charge on any atom is -0.456 e. The van der Waals surface area contributed by atoms with Crippen molar-refractivity contribution >= 4 is 5.97 Å². The van der Waals surface area contributed by atoms with Crippen molar-refractivity contribution in [2.75, 3.05) is 6.61 Å². The Hall–Kier alpha value is -2.03. The lowest BCUT2D eigenvalue weighted by Crippen LogP contribution is -2.32. The van der Waals surface area contributed by atoms with Gasteiger partial charge in [0.25, 0.3) is 0 Å². The summed E-state index contributed by atoms with van der Waals surface area (Å²) in [7, 11) is 0. The first-order valence-corrected chi connectivity index (χ1v) is 12.8. The van der Waals surface area contributed by atoms with Crippen molar-refractivity contribution < 1.29 is 34.0 Å². The summed E-state index contributed by atoms with van der Waals surface area (Å²) in [6.07, 6.45) is 17.2. The minimum atomic E-state index is -1.02. The van der Waals surface area contributed by atoms with Crippen molar-refractivity contribution in [2.24, 2.45) is 0 Å². The number of epoxide rings is 1. The molecule has 0 saturated carbocycles. The Morgan fingerprint density at radius 2 is 2.00 bits per heavy atom. The van der Waals surface area contributed by atoms with Crippen LogP contribution in [-0.4, -0.2) is 71.6 Å². The van der Waals surface area contributed by atoms with E-state index in [1.165, 1.54) is 6.08 Å². The van der Waals surface area contributed by atoms with Crippen molar-refractivity contribution in [1.29, 1.82) is 0 Å². The van der Waals surface area contributed by atoms with E-state index in [1.807, 2.05) is 18.2 Å². The second-order valence-corrected chi connectivity index (χ2v) is 9.82. The van der Waals surface area contributed by atoms with Crippen molar-refractivity contribution in [1.82, 2.24) is 0 Å². The van der Waals surface area contributed by atoms with E-state index in [2.05, 4.69) is 12.7 Å². The molecule has 2 N–H and O–H groups in total. The van der Waals surface area contributed by atoms with Crippen LogP contribution in [0.15, 0.2) is 60.8 Å². The Kier molecular flexibility index (Phi) is 9.52. The second kappa shape index (κ2) is 12.8. The predicted octanol–water partition coefficient (Wildman–Crippen LogP) is 3.47. The number of cyclic esters (lactones) is 1. The Bertz CT molecular complexity index is 844. The van der Waals surface area contributed by atoms with Gasteiger partial charge in [0.1, 0.15) is 18.3 Å². The van der Waals surface area contributed by atoms with Gasteiger partial charge < -0.3 is 29.2 Å². The maximum absolute atomic E-state index is 12.6. The number of fused-ring (bicyclic) bond motifs is 3. The molecule has 1 fully saturated rings. The van der Waals surface area contributed by atoms with Crippen LogP contribution in [0, 0.1) is 0 Å². The van der Waals surface area contributed by atoms with E-state index in [4.69, 9.17) is 18.9 Å². The molecular weight excluding hydrogens is 448 g/mol. The molecule has 1 unspecified atom stereocenters. The zero-order chi connectivity index (χ0) is 24.6. The fourth-order valence-corrected chi connectivity index (χ4v) is 4.84. The molecular formula is C28H38O7. The molecule has 2 bridgehead atoms. The molecule has 4 aliphatic heterocycles. The van der Waals surface area contributed by atoms with Crippen LogP contribution in [0.5, 0.6) is 0 Å². The van der Waals surface area contributed by atoms with Crippen LogP contribution in [0.2, 0.25) is 0 Å². The van der Waals surface area contributed by atoms with Gasteiger partial charge in [0, 0.05) is 12.5 Å². The van der Waals surface area contributed by atoms with E-state index < -0.39 is 24.3 Å². The highest BCUT2D eigenvalue weighted by molar-refractivity contribution is 5.82. The Morgan fingerprint density at radius 3 is 2.83 bits per heavy atom. The fraction of sp³-hybridized carbons (Fsp3) is 0.607. The molecule has 7 nitrogen and oxygen atoms in total. The van der Waals surface area contributed by atoms with Gasteiger partial charge in [-0.25, -0.2) is 4.79 Å². The Morgan fingerprint density at radius 1 is 1.11 bits per heavy atom. The molecule has 0 radical (unpaired) electrons. The van der Waals surface area contributed by atoms with Gasteiger partial charge in [-0.15, -0.1) is 0 Å². The summed E-state index contributed by atoms with van der Waals surface area (Å²) in [5.41, 5.74) is 0.992. The highest BCUT2D eigenvalue weighted by Crippen LogP contribution is 2.34. The topological polar surface area (TPSA) is 97.8 Å². The van der Waals surface area contributed by atoms with Crippen LogP contribution in [0.4, 0.5) is 0 Å². The first-order valence-electron chi connectivity index (χ1n) is 12.8. The zero-order valence-electron chi connectivity index (χ0n) is 20.2. The third kappa shape index (κ3) is 8.26. The summed E-state index contributed by atoms with van der Waals surface area (Å²) < 4.78 is 23.1. The van der Waals surface area contributed by atoms with Crippen LogP contribution >= 0.6 is 0 Å². The Balaban J connectivity index is 1.42. The molecule has 1 saturated heterocycles. The summed E-state index contributed by atoms with van der Waals surface area (Å²) in [5, 5.41) is 21.5. The Labute approximate surface area is 207 Å². The molecule has 0 spiro atoms. The first-order chi connectivity index (χ1) is 17.0. The van der Waals surface area contributed by atoms with Gasteiger partial charge in [-0.05, 0) is 44.9 Å². The first kappa shape index (κ1) is 26.0. The summed E-state index contributed by atoms with van der Waals surface area (Å²) in [6.45, 7) is 4.67. The number of aliphatic hydroxyl groups is 2. The summed E-state index contributed by atoms with van der Waals surface area (Å²) >= 11 is 0. The lowest BCUT2D eigenvalue weighted by molar-refractivity contribution is -0.148. The maximum Gasteiger partial charge on any atom is 0.330 e. The standard InChI is InChI=1S/C28H38O7/c1-19-7-4-9-21-10-5-11-22(33-21)12-6-13-27(31)34-25(18-26-28(35-26)24(30)17-19)23(29)15-14-20-8-2-3-16-32-20/h2-3,5-6,11,13-15,20-26,28-30H,1,4,7-10,12,16-18H2/b13-6-,15-14+/t20?,21-,22+,23+,24+,25+,26+,28+/m1/s1. The number of ether oxygens (including phenoxy) is 4. The highest BCUT2D eigenvalue weighted by Gasteiger charge is 2.46. The third-order valence-electron chi connectivity index (χ3n) is 6.87. The molecule has 4 rings (SSSR count). The lowest BCUT2D eigenvalue weighted by Gasteiger charge is -2.25. The maximum atomic E-state index is 12.6. The van der Waals surface area contributed by atoms with Crippen LogP contribution in [-0.2, 0) is 23.7 Å². The average Bonchev–Trinajstić information content (AvgIpc) is 3.62. The molecule has 0 aromatic carbocycles. The highest BCUT2D eigenvalue weighted by atomic mass is 16.6. The number of rotatable bonds is 3. The number of carbonyl (C=O) groups is 1. The molecule has 0 aliphatic carbocycles. The normalized spacial score (nSPS) is 38.7. The van der Waals surface area contributed by atoms with E-state index in [0.29, 0.717) is 25.9 Å². The van der Waals surface area contributed by atoms with Gasteiger partial charge in [0.05, 0.1) is 37.1 Å². The molecule has 8 atom stereocenters. The smallest absolute Gasteiger partial charge is 0.330 e. The van der Waals surface area contributed by atoms with Gasteiger partial charge in [-0.3, -0.25) is 0 Å². The van der Waals surface area contributed by atoms with Gasteiger partial charge >= 0.3 is 5.97 Å². The second-order valence-electron chi connectivity index (χ2n) is 9.82. The van der Waals surface area contributed by atoms with Gasteiger partial charge in [-0.2, -0.15) is 0 Å². The van der Waals surface area contributed by atoms with E-state index in [1.54, 1.807) is 18.2 Å². The molecule has 0 aromatic heterocycles. The predicted molar refractivity (Wildman–Crippen MR) is 132 cm³/mol. The molecule has 35 heavy (non-hydrogen) atoms. The molecule has 0 aromatic rings. The van der Waals surface area contributed by atoms with Crippen LogP contribution < -0.4 is 0 Å². The van der Waals surface area contributed by atoms with Crippen molar-refractivity contribution in [3.8, 4) is 0 Å². The van der Waals surface area contributed by atoms with Gasteiger partial charge in [-0.1, -0.05) is 54.7 Å². The van der Waals surface area contributed by atoms with Crippen molar-refractivity contribution in [3.05, 3.63) is 60.8 Å². The number of aliphatic hydroxyl groups excluding tert-OH is 2. The van der Waals surface area contributed by atoms with Crippen LogP contribution in [0.1, 0.15) is 51.4 Å². The van der Waals surface area contributed by atoms with Gasteiger partial charge in [0.15, 0.2) is 0 Å². The SMILES string of the molecule is C=C1CCC[C@@H]2CC=C[C@@H](C/C=C\C(=O)O[C@H]([C@@H](O)/C=C/C3CC=CCO3)C[C@@H]3O[C@H]3[C@@H](O)C1)O2. The molecule has 0 amide bonds. The molecule has 192 valence electrons. The van der Waals surface area contributed by atoms with E-state index in [0.717, 1.165) is 37.7 Å². The van der Waals surface area contributed by atoms with E-state index >= 15 is 0 Å².